The molecule has 0 aromatic heterocycles. The van der Waals surface area contributed by atoms with Crippen LogP contribution in [0.25, 0.3) is 0 Å². The van der Waals surface area contributed by atoms with Gasteiger partial charge in [0.05, 0.1) is 0 Å². The quantitative estimate of drug-likeness (QED) is 0.569. The molecule has 4 heteroatoms. The summed E-state index contributed by atoms with van der Waals surface area (Å²) in [7, 11) is 0. The van der Waals surface area contributed by atoms with E-state index in [9.17, 15) is 4.79 Å². The molecule has 0 unspecified atom stereocenters. The van der Waals surface area contributed by atoms with E-state index in [1.54, 1.807) is 11.8 Å². The van der Waals surface area contributed by atoms with Gasteiger partial charge in [-0.05, 0) is 5.75 Å². The van der Waals surface area contributed by atoms with Gasteiger partial charge in [-0.2, -0.15) is 11.8 Å². The molecule has 0 rings (SSSR count). The van der Waals surface area contributed by atoms with Gasteiger partial charge < -0.3 is 11.1 Å². The van der Waals surface area contributed by atoms with E-state index in [2.05, 4.69) is 12.2 Å². The van der Waals surface area contributed by atoms with Crippen LogP contribution in [0.3, 0.4) is 0 Å². The van der Waals surface area contributed by atoms with Crippen LogP contribution in [0.2, 0.25) is 0 Å². The summed E-state index contributed by atoms with van der Waals surface area (Å²) in [5.41, 5.74) is 5.21. The van der Waals surface area contributed by atoms with Crippen molar-refractivity contribution >= 4 is 17.7 Å². The lowest BCUT2D eigenvalue weighted by atomic mass is 10.4. The third kappa shape index (κ3) is 7.68. The molecule has 0 aliphatic heterocycles. The Morgan fingerprint density at radius 1 is 1.64 bits per heavy atom. The van der Waals surface area contributed by atoms with Gasteiger partial charge in [-0.3, -0.25) is 4.79 Å². The van der Waals surface area contributed by atoms with Crippen LogP contribution < -0.4 is 11.1 Å². The molecule has 0 aliphatic rings. The largest absolute Gasteiger partial charge is 0.355 e. The van der Waals surface area contributed by atoms with Crippen molar-refractivity contribution in [3.63, 3.8) is 0 Å². The summed E-state index contributed by atoms with van der Waals surface area (Å²) in [6.07, 6.45) is 0.610. The minimum absolute atomic E-state index is 0.108. The molecule has 0 heterocycles. The second-order valence-electron chi connectivity index (χ2n) is 2.09. The lowest BCUT2D eigenvalue weighted by Crippen LogP contribution is -2.29. The number of carbonyl (C=O) groups is 1. The first-order valence-electron chi connectivity index (χ1n) is 3.85. The van der Waals surface area contributed by atoms with Crippen LogP contribution in [0.4, 0.5) is 0 Å². The molecule has 0 atom stereocenters. The van der Waals surface area contributed by atoms with Gasteiger partial charge in [0.2, 0.25) is 5.91 Å². The number of rotatable bonds is 6. The predicted octanol–water partition coefficient (Wildman–Crippen LogP) is 0.205. The van der Waals surface area contributed by atoms with Crippen molar-refractivity contribution < 1.29 is 4.79 Å². The van der Waals surface area contributed by atoms with Crippen molar-refractivity contribution in [3.05, 3.63) is 0 Å². The molecular weight excluding hydrogens is 160 g/mol. The van der Waals surface area contributed by atoms with Gasteiger partial charge in [-0.25, -0.2) is 0 Å². The van der Waals surface area contributed by atoms with E-state index in [-0.39, 0.29) is 5.91 Å². The number of hydrogen-bond donors (Lipinski definition) is 2. The third-order valence-corrected chi connectivity index (χ3v) is 2.05. The molecule has 11 heavy (non-hydrogen) atoms. The summed E-state index contributed by atoms with van der Waals surface area (Å²) in [6.45, 7) is 3.20. The molecule has 0 radical (unpaired) electrons. The average molecular weight is 176 g/mol. The van der Waals surface area contributed by atoms with Crippen LogP contribution in [0.15, 0.2) is 0 Å². The fourth-order valence-electron chi connectivity index (χ4n) is 0.609. The van der Waals surface area contributed by atoms with E-state index < -0.39 is 0 Å². The molecule has 0 spiro atoms. The van der Waals surface area contributed by atoms with Crippen LogP contribution >= 0.6 is 11.8 Å². The Kier molecular flexibility index (Phi) is 7.72. The Balaban J connectivity index is 3.09. The number of carbonyl (C=O) groups excluding carboxylic acids is 1. The van der Waals surface area contributed by atoms with Crippen LogP contribution in [-0.2, 0) is 4.79 Å². The van der Waals surface area contributed by atoms with Crippen molar-refractivity contribution in [1.82, 2.24) is 5.32 Å². The zero-order chi connectivity index (χ0) is 8.53. The van der Waals surface area contributed by atoms with Crippen molar-refractivity contribution in [2.45, 2.75) is 13.3 Å². The summed E-state index contributed by atoms with van der Waals surface area (Å²) in [6, 6.07) is 0. The van der Waals surface area contributed by atoms with Gasteiger partial charge in [-0.1, -0.05) is 6.92 Å². The number of nitrogens with one attached hydrogen (secondary N) is 1. The molecule has 3 N–H and O–H groups in total. The zero-order valence-corrected chi connectivity index (χ0v) is 7.75. The number of hydrogen-bond acceptors (Lipinski definition) is 3. The minimum atomic E-state index is 0.108. The highest BCUT2D eigenvalue weighted by Crippen LogP contribution is 1.99. The predicted molar refractivity (Wildman–Crippen MR) is 49.7 cm³/mol. The second kappa shape index (κ2) is 7.88. The van der Waals surface area contributed by atoms with Gasteiger partial charge in [0, 0.05) is 25.3 Å². The summed E-state index contributed by atoms with van der Waals surface area (Å²) >= 11 is 1.78. The minimum Gasteiger partial charge on any atom is -0.355 e. The van der Waals surface area contributed by atoms with Crippen LogP contribution in [0, 0.1) is 0 Å². The first-order chi connectivity index (χ1) is 5.31. The smallest absolute Gasteiger partial charge is 0.220 e. The summed E-state index contributed by atoms with van der Waals surface area (Å²) in [5, 5.41) is 2.71. The molecule has 66 valence electrons. The van der Waals surface area contributed by atoms with Gasteiger partial charge in [-0.15, -0.1) is 0 Å². The molecule has 0 fully saturated rings. The summed E-state index contributed by atoms with van der Waals surface area (Å²) in [5.74, 6) is 2.09. The van der Waals surface area contributed by atoms with Crippen molar-refractivity contribution in [1.29, 1.82) is 0 Å². The maximum absolute atomic E-state index is 10.9. The number of thioether (sulfide) groups is 1. The highest BCUT2D eigenvalue weighted by Gasteiger charge is 1.97. The molecule has 3 nitrogen and oxygen atoms in total. The maximum atomic E-state index is 10.9. The Morgan fingerprint density at radius 2 is 2.36 bits per heavy atom. The number of amides is 1. The van der Waals surface area contributed by atoms with Gasteiger partial charge in [0.1, 0.15) is 0 Å². The van der Waals surface area contributed by atoms with E-state index in [0.717, 1.165) is 11.5 Å². The van der Waals surface area contributed by atoms with Crippen LogP contribution in [0.5, 0.6) is 0 Å². The molecule has 0 saturated heterocycles. The van der Waals surface area contributed by atoms with Crippen molar-refractivity contribution in [3.8, 4) is 0 Å². The van der Waals surface area contributed by atoms with Gasteiger partial charge in [0.15, 0.2) is 0 Å². The van der Waals surface area contributed by atoms with Gasteiger partial charge >= 0.3 is 0 Å². The molecule has 0 aromatic rings. The normalized spacial score (nSPS) is 9.64. The SMILES string of the molecule is CCSCCC(=O)NCCN. The van der Waals surface area contributed by atoms with Crippen molar-refractivity contribution in [2.24, 2.45) is 5.73 Å². The standard InChI is InChI=1S/C7H16N2OS/c1-2-11-6-3-7(10)9-5-4-8/h2-6,8H2,1H3,(H,9,10). The number of nitrogens with two attached hydrogens (primary N) is 1. The topological polar surface area (TPSA) is 55.1 Å². The fourth-order valence-corrected chi connectivity index (χ4v) is 1.23. The van der Waals surface area contributed by atoms with Crippen molar-refractivity contribution in [2.75, 3.05) is 24.6 Å². The van der Waals surface area contributed by atoms with E-state index in [4.69, 9.17) is 5.73 Å². The van der Waals surface area contributed by atoms with E-state index in [1.807, 2.05) is 0 Å². The molecular formula is C7H16N2OS. The van der Waals surface area contributed by atoms with Crippen LogP contribution in [-0.4, -0.2) is 30.5 Å². The molecule has 0 aliphatic carbocycles. The highest BCUT2D eigenvalue weighted by atomic mass is 32.2. The van der Waals surface area contributed by atoms with Crippen LogP contribution in [0.1, 0.15) is 13.3 Å². The first-order valence-corrected chi connectivity index (χ1v) is 5.01. The first kappa shape index (κ1) is 10.8. The molecule has 0 saturated carbocycles. The highest BCUT2D eigenvalue weighted by molar-refractivity contribution is 7.99. The Hall–Kier alpha value is -0.220. The Bertz CT molecular complexity index is 109. The van der Waals surface area contributed by atoms with Gasteiger partial charge in [0.25, 0.3) is 0 Å². The Morgan fingerprint density at radius 3 is 2.91 bits per heavy atom. The lowest BCUT2D eigenvalue weighted by molar-refractivity contribution is -0.120. The van der Waals surface area contributed by atoms with E-state index >= 15 is 0 Å². The third-order valence-electron chi connectivity index (χ3n) is 1.14. The molecule has 1 amide bonds. The summed E-state index contributed by atoms with van der Waals surface area (Å²) in [4.78, 5) is 10.9. The average Bonchev–Trinajstić information content (AvgIpc) is 2.01. The molecule has 0 aromatic carbocycles. The maximum Gasteiger partial charge on any atom is 0.220 e. The Labute approximate surface area is 72.1 Å². The summed E-state index contributed by atoms with van der Waals surface area (Å²) < 4.78 is 0. The monoisotopic (exact) mass is 176 g/mol. The zero-order valence-electron chi connectivity index (χ0n) is 6.93. The fraction of sp³-hybridized carbons (Fsp3) is 0.857. The second-order valence-corrected chi connectivity index (χ2v) is 3.48. The molecule has 0 bridgehead atoms. The van der Waals surface area contributed by atoms with E-state index in [0.29, 0.717) is 19.5 Å². The van der Waals surface area contributed by atoms with E-state index in [1.165, 1.54) is 0 Å². The lowest BCUT2D eigenvalue weighted by Gasteiger charge is -2.01.